The van der Waals surface area contributed by atoms with Crippen LogP contribution in [-0.2, 0) is 11.2 Å². The van der Waals surface area contributed by atoms with E-state index in [1.165, 1.54) is 12.8 Å². The normalized spacial score (nSPS) is 16.1. The van der Waals surface area contributed by atoms with Crippen LogP contribution in [0.5, 0.6) is 0 Å². The molecule has 98 valence electrons. The van der Waals surface area contributed by atoms with Gasteiger partial charge in [0.25, 0.3) is 5.56 Å². The summed E-state index contributed by atoms with van der Waals surface area (Å²) in [6.07, 6.45) is 4.81. The number of carbonyl (C=O) groups is 1. The van der Waals surface area contributed by atoms with E-state index in [0.717, 1.165) is 18.5 Å². The Labute approximate surface area is 106 Å². The predicted molar refractivity (Wildman–Crippen MR) is 68.9 cm³/mol. The summed E-state index contributed by atoms with van der Waals surface area (Å²) >= 11 is 0. The van der Waals surface area contributed by atoms with Crippen LogP contribution in [0.1, 0.15) is 49.4 Å². The van der Waals surface area contributed by atoms with Gasteiger partial charge in [-0.3, -0.25) is 9.59 Å². The molecule has 0 bridgehead atoms. The van der Waals surface area contributed by atoms with Crippen molar-refractivity contribution in [2.24, 2.45) is 0 Å². The highest BCUT2D eigenvalue weighted by Gasteiger charge is 2.20. The molecule has 1 fully saturated rings. The third kappa shape index (κ3) is 2.63. The van der Waals surface area contributed by atoms with Gasteiger partial charge in [-0.1, -0.05) is 18.9 Å². The molecule has 0 atom stereocenters. The number of carboxylic acids is 1. The summed E-state index contributed by atoms with van der Waals surface area (Å²) in [5.74, 6) is -0.859. The van der Waals surface area contributed by atoms with E-state index < -0.39 is 5.97 Å². The molecular formula is C14H19NO3. The first kappa shape index (κ1) is 12.9. The summed E-state index contributed by atoms with van der Waals surface area (Å²) < 4.78 is 1.87. The van der Waals surface area contributed by atoms with Gasteiger partial charge in [0, 0.05) is 23.7 Å². The minimum Gasteiger partial charge on any atom is -0.481 e. The van der Waals surface area contributed by atoms with Gasteiger partial charge >= 0.3 is 5.97 Å². The van der Waals surface area contributed by atoms with Gasteiger partial charge in [-0.15, -0.1) is 0 Å². The third-order valence-corrected chi connectivity index (χ3v) is 3.70. The maximum Gasteiger partial charge on any atom is 0.303 e. The van der Waals surface area contributed by atoms with Crippen LogP contribution in [0.2, 0.25) is 0 Å². The van der Waals surface area contributed by atoms with Gasteiger partial charge in [-0.2, -0.15) is 0 Å². The van der Waals surface area contributed by atoms with Crippen LogP contribution in [0, 0.1) is 6.92 Å². The number of pyridine rings is 1. The molecule has 0 unspecified atom stereocenters. The number of rotatable bonds is 4. The van der Waals surface area contributed by atoms with E-state index in [1.807, 2.05) is 17.6 Å². The van der Waals surface area contributed by atoms with Crippen molar-refractivity contribution in [3.8, 4) is 0 Å². The lowest BCUT2D eigenvalue weighted by atomic mass is 10.1. The number of aryl methyl sites for hydroxylation is 2. The lowest BCUT2D eigenvalue weighted by molar-refractivity contribution is -0.136. The first-order chi connectivity index (χ1) is 8.59. The molecule has 0 amide bonds. The molecule has 1 saturated carbocycles. The Bertz CT molecular complexity index is 498. The number of nitrogens with zero attached hydrogens (tertiary/aromatic N) is 1. The molecule has 1 aliphatic rings. The van der Waals surface area contributed by atoms with E-state index in [1.54, 1.807) is 6.07 Å². The lowest BCUT2D eigenvalue weighted by Gasteiger charge is -2.18. The van der Waals surface area contributed by atoms with Crippen molar-refractivity contribution in [2.45, 2.75) is 51.5 Å². The first-order valence-electron chi connectivity index (χ1n) is 6.52. The van der Waals surface area contributed by atoms with Gasteiger partial charge in [0.15, 0.2) is 0 Å². The highest BCUT2D eigenvalue weighted by atomic mass is 16.4. The number of aliphatic carboxylic acids is 1. The molecule has 1 aliphatic carbocycles. The van der Waals surface area contributed by atoms with Crippen molar-refractivity contribution < 1.29 is 9.90 Å². The van der Waals surface area contributed by atoms with Crippen molar-refractivity contribution in [3.63, 3.8) is 0 Å². The molecule has 0 saturated heterocycles. The van der Waals surface area contributed by atoms with Gasteiger partial charge in [0.2, 0.25) is 0 Å². The first-order valence-corrected chi connectivity index (χ1v) is 6.52. The number of hydrogen-bond acceptors (Lipinski definition) is 2. The third-order valence-electron chi connectivity index (χ3n) is 3.70. The lowest BCUT2D eigenvalue weighted by Crippen LogP contribution is -2.28. The second-order valence-corrected chi connectivity index (χ2v) is 5.01. The molecule has 4 nitrogen and oxygen atoms in total. The largest absolute Gasteiger partial charge is 0.481 e. The fourth-order valence-corrected chi connectivity index (χ4v) is 2.74. The molecule has 1 aromatic heterocycles. The molecule has 2 rings (SSSR count). The van der Waals surface area contributed by atoms with Crippen molar-refractivity contribution in [3.05, 3.63) is 33.7 Å². The number of hydrogen-bond donors (Lipinski definition) is 1. The van der Waals surface area contributed by atoms with E-state index in [0.29, 0.717) is 18.0 Å². The van der Waals surface area contributed by atoms with E-state index >= 15 is 0 Å². The molecule has 0 spiro atoms. The Morgan fingerprint density at radius 1 is 1.39 bits per heavy atom. The topological polar surface area (TPSA) is 59.3 Å². The fourth-order valence-electron chi connectivity index (χ4n) is 2.74. The van der Waals surface area contributed by atoms with Crippen molar-refractivity contribution >= 4 is 5.97 Å². The Morgan fingerprint density at radius 2 is 2.06 bits per heavy atom. The van der Waals surface area contributed by atoms with Gasteiger partial charge < -0.3 is 9.67 Å². The van der Waals surface area contributed by atoms with E-state index in [-0.39, 0.29) is 12.0 Å². The molecule has 4 heteroatoms. The van der Waals surface area contributed by atoms with Gasteiger partial charge in [-0.25, -0.2) is 0 Å². The minimum atomic E-state index is -0.859. The van der Waals surface area contributed by atoms with Gasteiger partial charge in [0.05, 0.1) is 0 Å². The van der Waals surface area contributed by atoms with Crippen LogP contribution in [0.15, 0.2) is 16.9 Å². The average molecular weight is 249 g/mol. The van der Waals surface area contributed by atoms with Crippen LogP contribution in [0.25, 0.3) is 0 Å². The molecule has 0 aliphatic heterocycles. The molecule has 0 aromatic carbocycles. The second kappa shape index (κ2) is 5.38. The SMILES string of the molecule is Cc1ccc(CCC(=O)O)c(=O)n1C1CCCC1. The zero-order chi connectivity index (χ0) is 13.1. The molecule has 1 heterocycles. The fraction of sp³-hybridized carbons (Fsp3) is 0.571. The smallest absolute Gasteiger partial charge is 0.303 e. The summed E-state index contributed by atoms with van der Waals surface area (Å²) in [6, 6.07) is 4.01. The van der Waals surface area contributed by atoms with Crippen LogP contribution in [0.4, 0.5) is 0 Å². The van der Waals surface area contributed by atoms with E-state index in [9.17, 15) is 9.59 Å². The highest BCUT2D eigenvalue weighted by molar-refractivity contribution is 5.67. The van der Waals surface area contributed by atoms with Crippen molar-refractivity contribution in [1.29, 1.82) is 0 Å². The number of aromatic nitrogens is 1. The Hall–Kier alpha value is -1.58. The number of carboxylic acid groups (broad SMARTS) is 1. The summed E-state index contributed by atoms with van der Waals surface area (Å²) in [6.45, 7) is 1.95. The molecule has 0 radical (unpaired) electrons. The van der Waals surface area contributed by atoms with Crippen molar-refractivity contribution in [1.82, 2.24) is 4.57 Å². The van der Waals surface area contributed by atoms with Crippen LogP contribution < -0.4 is 5.56 Å². The minimum absolute atomic E-state index is 0.00292. The van der Waals surface area contributed by atoms with Crippen LogP contribution >= 0.6 is 0 Å². The van der Waals surface area contributed by atoms with Crippen molar-refractivity contribution in [2.75, 3.05) is 0 Å². The summed E-state index contributed by atoms with van der Waals surface area (Å²) in [5.41, 5.74) is 1.60. The van der Waals surface area contributed by atoms with Gasteiger partial charge in [0.1, 0.15) is 0 Å². The molecule has 1 aromatic rings. The zero-order valence-electron chi connectivity index (χ0n) is 10.7. The quantitative estimate of drug-likeness (QED) is 0.890. The zero-order valence-corrected chi connectivity index (χ0v) is 10.7. The standard InChI is InChI=1S/C14H19NO3/c1-10-6-7-11(8-9-13(16)17)14(18)15(10)12-4-2-3-5-12/h6-7,12H,2-5,8-9H2,1H3,(H,16,17). The Balaban J connectivity index is 2.30. The van der Waals surface area contributed by atoms with Crippen LogP contribution in [-0.4, -0.2) is 15.6 Å². The molecule has 1 N–H and O–H groups in total. The summed E-state index contributed by atoms with van der Waals surface area (Å²) in [4.78, 5) is 22.9. The van der Waals surface area contributed by atoms with E-state index in [4.69, 9.17) is 5.11 Å². The highest BCUT2D eigenvalue weighted by Crippen LogP contribution is 2.29. The summed E-state index contributed by atoms with van der Waals surface area (Å²) in [7, 11) is 0. The maximum absolute atomic E-state index is 12.4. The summed E-state index contributed by atoms with van der Waals surface area (Å²) in [5, 5.41) is 8.69. The average Bonchev–Trinajstić information content (AvgIpc) is 2.81. The molecule has 18 heavy (non-hydrogen) atoms. The van der Waals surface area contributed by atoms with E-state index in [2.05, 4.69) is 0 Å². The van der Waals surface area contributed by atoms with Gasteiger partial charge in [-0.05, 0) is 32.3 Å². The Morgan fingerprint density at radius 3 is 2.67 bits per heavy atom. The molecular weight excluding hydrogens is 230 g/mol. The second-order valence-electron chi connectivity index (χ2n) is 5.01. The monoisotopic (exact) mass is 249 g/mol. The predicted octanol–water partition coefficient (Wildman–Crippen LogP) is 2.29. The Kier molecular flexibility index (Phi) is 3.84. The maximum atomic E-state index is 12.4. The van der Waals surface area contributed by atoms with Crippen LogP contribution in [0.3, 0.4) is 0 Å².